The second-order valence-electron chi connectivity index (χ2n) is 4.25. The summed E-state index contributed by atoms with van der Waals surface area (Å²) in [5.41, 5.74) is 0.622. The van der Waals surface area contributed by atoms with E-state index >= 15 is 0 Å². The van der Waals surface area contributed by atoms with Crippen molar-refractivity contribution < 1.29 is 19.4 Å². The van der Waals surface area contributed by atoms with Gasteiger partial charge < -0.3 is 14.6 Å². The Kier molecular flexibility index (Phi) is 4.65. The number of aromatic nitrogens is 2. The van der Waals surface area contributed by atoms with Crippen molar-refractivity contribution in [1.29, 1.82) is 0 Å². The zero-order valence-electron chi connectivity index (χ0n) is 10.3. The molecule has 0 fully saturated rings. The minimum Gasteiger partial charge on any atom is -0.461 e. The number of carbonyl (C=O) groups is 1. The van der Waals surface area contributed by atoms with Gasteiger partial charge >= 0.3 is 5.97 Å². The van der Waals surface area contributed by atoms with E-state index in [9.17, 15) is 4.79 Å². The third kappa shape index (κ3) is 3.54. The molecule has 6 heteroatoms. The molecule has 0 bridgehead atoms. The van der Waals surface area contributed by atoms with Crippen LogP contribution in [0.4, 0.5) is 0 Å². The molecule has 1 aromatic heterocycles. The standard InChI is InChI=1S/C11H18N2O4/c1-4-17-10(15)8-5-9(13-12-8)11(2,3)6-16-7-14/h5,14H,4,6-7H2,1-3H3,(H,12,13). The van der Waals surface area contributed by atoms with Crippen LogP contribution in [0.1, 0.15) is 37.0 Å². The van der Waals surface area contributed by atoms with Gasteiger partial charge in [-0.2, -0.15) is 5.10 Å². The van der Waals surface area contributed by atoms with Crippen LogP contribution in [0.25, 0.3) is 0 Å². The van der Waals surface area contributed by atoms with Crippen molar-refractivity contribution >= 4 is 5.97 Å². The van der Waals surface area contributed by atoms with E-state index < -0.39 is 5.97 Å². The molecular formula is C11H18N2O4. The first-order valence-electron chi connectivity index (χ1n) is 5.43. The molecule has 0 amide bonds. The molecule has 0 unspecified atom stereocenters. The minimum atomic E-state index is -0.426. The van der Waals surface area contributed by atoms with Gasteiger partial charge in [0.15, 0.2) is 0 Å². The zero-order valence-corrected chi connectivity index (χ0v) is 10.3. The van der Waals surface area contributed by atoms with Crippen molar-refractivity contribution in [2.45, 2.75) is 26.2 Å². The molecule has 1 aromatic rings. The largest absolute Gasteiger partial charge is 0.461 e. The Balaban J connectivity index is 2.76. The van der Waals surface area contributed by atoms with Crippen LogP contribution in [-0.4, -0.2) is 41.3 Å². The molecule has 0 aliphatic heterocycles. The Morgan fingerprint density at radius 1 is 1.59 bits per heavy atom. The molecule has 0 aliphatic rings. The lowest BCUT2D eigenvalue weighted by Crippen LogP contribution is -2.25. The van der Waals surface area contributed by atoms with Crippen LogP contribution in [0.15, 0.2) is 6.07 Å². The summed E-state index contributed by atoms with van der Waals surface area (Å²) in [5, 5.41) is 15.3. The van der Waals surface area contributed by atoms with Gasteiger partial charge in [-0.05, 0) is 13.0 Å². The van der Waals surface area contributed by atoms with Crippen LogP contribution >= 0.6 is 0 Å². The maximum absolute atomic E-state index is 11.4. The first-order chi connectivity index (χ1) is 8.01. The average molecular weight is 242 g/mol. The SMILES string of the molecule is CCOC(=O)c1cc(C(C)(C)COCO)n[nH]1. The Morgan fingerprint density at radius 2 is 2.29 bits per heavy atom. The van der Waals surface area contributed by atoms with Crippen LogP contribution in [0.5, 0.6) is 0 Å². The summed E-state index contributed by atoms with van der Waals surface area (Å²) in [4.78, 5) is 11.4. The van der Waals surface area contributed by atoms with Gasteiger partial charge in [-0.25, -0.2) is 4.79 Å². The van der Waals surface area contributed by atoms with Crippen LogP contribution in [0.3, 0.4) is 0 Å². The average Bonchev–Trinajstić information content (AvgIpc) is 2.77. The second kappa shape index (κ2) is 5.79. The lowest BCUT2D eigenvalue weighted by molar-refractivity contribution is -0.0204. The Labute approximate surface area is 99.9 Å². The van der Waals surface area contributed by atoms with Crippen molar-refractivity contribution in [2.75, 3.05) is 20.0 Å². The number of rotatable bonds is 6. The Hall–Kier alpha value is -1.40. The maximum atomic E-state index is 11.4. The lowest BCUT2D eigenvalue weighted by Gasteiger charge is -2.20. The van der Waals surface area contributed by atoms with E-state index in [2.05, 4.69) is 10.2 Å². The van der Waals surface area contributed by atoms with E-state index in [4.69, 9.17) is 14.6 Å². The summed E-state index contributed by atoms with van der Waals surface area (Å²) < 4.78 is 9.81. The molecule has 17 heavy (non-hydrogen) atoms. The fraction of sp³-hybridized carbons (Fsp3) is 0.636. The summed E-state index contributed by atoms with van der Waals surface area (Å²) in [6.07, 6.45) is 0. The third-order valence-corrected chi connectivity index (χ3v) is 2.32. The highest BCUT2D eigenvalue weighted by atomic mass is 16.6. The number of ether oxygens (including phenoxy) is 2. The molecule has 0 saturated heterocycles. The smallest absolute Gasteiger partial charge is 0.356 e. The van der Waals surface area contributed by atoms with Crippen molar-refractivity contribution in [2.24, 2.45) is 0 Å². The molecule has 0 saturated carbocycles. The Morgan fingerprint density at radius 3 is 2.88 bits per heavy atom. The summed E-state index contributed by atoms with van der Waals surface area (Å²) in [6.45, 7) is 5.87. The number of hydrogen-bond donors (Lipinski definition) is 2. The van der Waals surface area contributed by atoms with E-state index in [1.165, 1.54) is 0 Å². The van der Waals surface area contributed by atoms with Gasteiger partial charge in [0.25, 0.3) is 0 Å². The maximum Gasteiger partial charge on any atom is 0.356 e. The van der Waals surface area contributed by atoms with E-state index in [-0.39, 0.29) is 12.2 Å². The number of nitrogens with one attached hydrogen (secondary N) is 1. The van der Waals surface area contributed by atoms with E-state index in [1.807, 2.05) is 13.8 Å². The van der Waals surface area contributed by atoms with Crippen molar-refractivity contribution in [1.82, 2.24) is 10.2 Å². The Bertz CT molecular complexity index is 373. The molecular weight excluding hydrogens is 224 g/mol. The quantitative estimate of drug-likeness (QED) is 0.570. The number of nitrogens with zero attached hydrogens (tertiary/aromatic N) is 1. The lowest BCUT2D eigenvalue weighted by atomic mass is 9.90. The summed E-state index contributed by atoms with van der Waals surface area (Å²) in [5.74, 6) is -0.426. The number of aliphatic hydroxyl groups is 1. The van der Waals surface area contributed by atoms with Gasteiger partial charge in [-0.1, -0.05) is 13.8 Å². The summed E-state index contributed by atoms with van der Waals surface area (Å²) in [6, 6.07) is 1.64. The highest BCUT2D eigenvalue weighted by Crippen LogP contribution is 2.22. The highest BCUT2D eigenvalue weighted by Gasteiger charge is 2.25. The molecule has 1 heterocycles. The van der Waals surface area contributed by atoms with Crippen LogP contribution in [-0.2, 0) is 14.9 Å². The number of aliphatic hydroxyl groups excluding tert-OH is 1. The number of esters is 1. The van der Waals surface area contributed by atoms with E-state index in [0.29, 0.717) is 24.6 Å². The van der Waals surface area contributed by atoms with Crippen molar-refractivity contribution in [3.05, 3.63) is 17.5 Å². The molecule has 0 radical (unpaired) electrons. The van der Waals surface area contributed by atoms with Crippen LogP contribution in [0, 0.1) is 0 Å². The third-order valence-electron chi connectivity index (χ3n) is 2.32. The van der Waals surface area contributed by atoms with Gasteiger partial charge in [0.2, 0.25) is 0 Å². The fourth-order valence-corrected chi connectivity index (χ4v) is 1.36. The summed E-state index contributed by atoms with van der Waals surface area (Å²) in [7, 11) is 0. The predicted molar refractivity (Wildman–Crippen MR) is 60.6 cm³/mol. The van der Waals surface area contributed by atoms with Gasteiger partial charge in [0.1, 0.15) is 12.5 Å². The van der Waals surface area contributed by atoms with Crippen LogP contribution in [0.2, 0.25) is 0 Å². The van der Waals surface area contributed by atoms with Crippen LogP contribution < -0.4 is 0 Å². The van der Waals surface area contributed by atoms with Gasteiger partial charge in [0.05, 0.1) is 18.9 Å². The van der Waals surface area contributed by atoms with Crippen molar-refractivity contribution in [3.63, 3.8) is 0 Å². The molecule has 0 spiro atoms. The minimum absolute atomic E-state index is 0.316. The second-order valence-corrected chi connectivity index (χ2v) is 4.25. The van der Waals surface area contributed by atoms with Gasteiger partial charge in [0, 0.05) is 5.41 Å². The van der Waals surface area contributed by atoms with Gasteiger partial charge in [-0.15, -0.1) is 0 Å². The first-order valence-corrected chi connectivity index (χ1v) is 5.43. The topological polar surface area (TPSA) is 84.4 Å². The molecule has 2 N–H and O–H groups in total. The summed E-state index contributed by atoms with van der Waals surface area (Å²) >= 11 is 0. The molecule has 96 valence electrons. The number of carbonyl (C=O) groups excluding carboxylic acids is 1. The van der Waals surface area contributed by atoms with E-state index in [1.54, 1.807) is 13.0 Å². The fourth-order valence-electron chi connectivity index (χ4n) is 1.36. The first kappa shape index (κ1) is 13.7. The molecule has 0 atom stereocenters. The van der Waals surface area contributed by atoms with Crippen molar-refractivity contribution in [3.8, 4) is 0 Å². The predicted octanol–water partition coefficient (Wildman–Crippen LogP) is 0.830. The zero-order chi connectivity index (χ0) is 12.9. The van der Waals surface area contributed by atoms with E-state index in [0.717, 1.165) is 0 Å². The normalized spacial score (nSPS) is 11.5. The number of aromatic amines is 1. The highest BCUT2D eigenvalue weighted by molar-refractivity contribution is 5.87. The molecule has 0 aliphatic carbocycles. The number of H-pyrrole nitrogens is 1. The monoisotopic (exact) mass is 242 g/mol. The number of hydrogen-bond acceptors (Lipinski definition) is 5. The van der Waals surface area contributed by atoms with Gasteiger partial charge in [-0.3, -0.25) is 5.10 Å². The molecule has 1 rings (SSSR count). The molecule has 0 aromatic carbocycles. The molecule has 6 nitrogen and oxygen atoms in total.